The van der Waals surface area contributed by atoms with Gasteiger partial charge in [0.05, 0.1) is 11.3 Å². The van der Waals surface area contributed by atoms with Gasteiger partial charge in [0.2, 0.25) is 35.4 Å². The Hall–Kier alpha value is -5.13. The molecule has 1 heterocycles. The van der Waals surface area contributed by atoms with E-state index in [2.05, 4.69) is 26.6 Å². The van der Waals surface area contributed by atoms with Gasteiger partial charge in [0.15, 0.2) is 0 Å². The van der Waals surface area contributed by atoms with Gasteiger partial charge in [-0.3, -0.25) is 43.7 Å². The number of nitro benzene ring substituents is 1. The molecule has 1 aromatic rings. The van der Waals surface area contributed by atoms with Gasteiger partial charge < -0.3 is 42.3 Å². The van der Waals surface area contributed by atoms with Crippen LogP contribution in [0.25, 0.3) is 0 Å². The number of amides is 6. The molecule has 270 valence electrons. The lowest BCUT2D eigenvalue weighted by Gasteiger charge is -2.30. The van der Waals surface area contributed by atoms with Crippen molar-refractivity contribution in [3.05, 3.63) is 34.4 Å². The molecule has 0 aliphatic carbocycles. The molecule has 1 saturated heterocycles. The number of hydrogen-bond acceptors (Lipinski definition) is 10. The first-order valence-electron chi connectivity index (χ1n) is 16.2. The van der Waals surface area contributed by atoms with E-state index in [1.54, 1.807) is 6.92 Å². The van der Waals surface area contributed by atoms with Crippen molar-refractivity contribution >= 4 is 52.8 Å². The number of carboxylic acid groups (broad SMARTS) is 1. The molecule has 0 spiro atoms. The number of carbonyl (C=O) groups is 7. The van der Waals surface area contributed by atoms with E-state index in [0.717, 1.165) is 0 Å². The Morgan fingerprint density at radius 2 is 1.55 bits per heavy atom. The van der Waals surface area contributed by atoms with Crippen LogP contribution in [-0.4, -0.2) is 99.6 Å². The topological polar surface area (TPSA) is 272 Å². The third-order valence-electron chi connectivity index (χ3n) is 7.88. The number of nitrogens with two attached hydrogens (primary N) is 1. The fourth-order valence-electron chi connectivity index (χ4n) is 5.07. The molecule has 1 fully saturated rings. The molecule has 6 amide bonds. The van der Waals surface area contributed by atoms with E-state index in [1.807, 2.05) is 0 Å². The maximum absolute atomic E-state index is 13.6. The van der Waals surface area contributed by atoms with Crippen LogP contribution in [0.3, 0.4) is 0 Å². The lowest BCUT2D eigenvalue weighted by molar-refractivity contribution is -0.384. The highest BCUT2D eigenvalue weighted by Gasteiger charge is 2.38. The Morgan fingerprint density at radius 3 is 2.14 bits per heavy atom. The van der Waals surface area contributed by atoms with E-state index in [1.165, 1.54) is 43.0 Å². The number of likely N-dealkylation sites (tertiary alicyclic amines) is 1. The third-order valence-corrected chi connectivity index (χ3v) is 7.88. The SMILES string of the molecule is CC[C@H](NC(=O)[C@H](C)NC(=O)[C@H](C)NC(=O)CCC(=O)O)C(=O)N1CCC[C@H]1C(=O)N[C@@H](CCCCN)C(=O)Nc1ccc([N+](=O)[O-])cc1. The quantitative estimate of drug-likeness (QED) is 0.0572. The lowest BCUT2D eigenvalue weighted by Crippen LogP contribution is -2.58. The highest BCUT2D eigenvalue weighted by molar-refractivity contribution is 5.99. The van der Waals surface area contributed by atoms with Gasteiger partial charge in [-0.15, -0.1) is 0 Å². The van der Waals surface area contributed by atoms with Crippen molar-refractivity contribution in [2.24, 2.45) is 5.73 Å². The van der Waals surface area contributed by atoms with E-state index in [0.29, 0.717) is 37.9 Å². The number of carbonyl (C=O) groups excluding carboxylic acids is 6. The third kappa shape index (κ3) is 12.8. The number of carboxylic acids is 1. The van der Waals surface area contributed by atoms with Crippen LogP contribution >= 0.6 is 0 Å². The van der Waals surface area contributed by atoms with E-state index in [-0.39, 0.29) is 31.5 Å². The Balaban J connectivity index is 2.03. The van der Waals surface area contributed by atoms with Gasteiger partial charge in [-0.1, -0.05) is 6.92 Å². The Kier molecular flexibility index (Phi) is 16.0. The second kappa shape index (κ2) is 19.6. The zero-order chi connectivity index (χ0) is 36.7. The van der Waals surface area contributed by atoms with E-state index in [4.69, 9.17) is 10.8 Å². The maximum atomic E-state index is 13.6. The summed E-state index contributed by atoms with van der Waals surface area (Å²) in [5.41, 5.74) is 5.75. The standard InChI is InChI=1S/C31H46N8O10/c1-4-22(36-28(44)19(3)34-27(43)18(2)33-25(40)14-15-26(41)42)31(47)38-17-7-9-24(38)30(46)37-23(8-5-6-16-32)29(45)35-20-10-12-21(13-11-20)39(48)49/h10-13,18-19,22-24H,4-9,14-17,32H2,1-3H3,(H,33,40)(H,34,43)(H,35,45)(H,36,44)(H,37,46)(H,41,42)/t18-,19-,22-,23-,24-/m0/s1. The van der Waals surface area contributed by atoms with Crippen LogP contribution in [0, 0.1) is 10.1 Å². The van der Waals surface area contributed by atoms with Crippen LogP contribution in [-0.2, 0) is 33.6 Å². The van der Waals surface area contributed by atoms with E-state index >= 15 is 0 Å². The van der Waals surface area contributed by atoms with E-state index in [9.17, 15) is 43.7 Å². The van der Waals surface area contributed by atoms with Gasteiger partial charge in [0.1, 0.15) is 30.2 Å². The molecule has 18 nitrogen and oxygen atoms in total. The van der Waals surface area contributed by atoms with Gasteiger partial charge in [0, 0.05) is 30.8 Å². The van der Waals surface area contributed by atoms with Gasteiger partial charge in [0.25, 0.3) is 5.69 Å². The van der Waals surface area contributed by atoms with Crippen molar-refractivity contribution in [3.8, 4) is 0 Å². The molecule has 1 aliphatic rings. The summed E-state index contributed by atoms with van der Waals surface area (Å²) in [4.78, 5) is 99.9. The molecular weight excluding hydrogens is 644 g/mol. The number of benzene rings is 1. The molecule has 49 heavy (non-hydrogen) atoms. The summed E-state index contributed by atoms with van der Waals surface area (Å²) in [6.07, 6.45) is 1.66. The smallest absolute Gasteiger partial charge is 0.303 e. The zero-order valence-electron chi connectivity index (χ0n) is 27.9. The van der Waals surface area contributed by atoms with Crippen molar-refractivity contribution in [2.75, 3.05) is 18.4 Å². The van der Waals surface area contributed by atoms with Gasteiger partial charge in [-0.25, -0.2) is 0 Å². The second-order valence-corrected chi connectivity index (χ2v) is 11.7. The molecule has 1 aromatic carbocycles. The minimum atomic E-state index is -1.16. The van der Waals surface area contributed by atoms with Crippen molar-refractivity contribution < 1.29 is 43.6 Å². The molecule has 2 rings (SSSR count). The summed E-state index contributed by atoms with van der Waals surface area (Å²) < 4.78 is 0. The highest BCUT2D eigenvalue weighted by atomic mass is 16.6. The lowest BCUT2D eigenvalue weighted by atomic mass is 10.1. The van der Waals surface area contributed by atoms with Crippen LogP contribution in [0.15, 0.2) is 24.3 Å². The fraction of sp³-hybridized carbons (Fsp3) is 0.581. The molecule has 8 N–H and O–H groups in total. The molecule has 18 heteroatoms. The van der Waals surface area contributed by atoms with Crippen molar-refractivity contribution in [1.29, 1.82) is 0 Å². The summed E-state index contributed by atoms with van der Waals surface area (Å²) >= 11 is 0. The van der Waals surface area contributed by atoms with Gasteiger partial charge in [-0.2, -0.15) is 0 Å². The molecule has 0 saturated carbocycles. The summed E-state index contributed by atoms with van der Waals surface area (Å²) in [6.45, 7) is 5.05. The molecule has 0 bridgehead atoms. The van der Waals surface area contributed by atoms with Crippen molar-refractivity contribution in [1.82, 2.24) is 26.2 Å². The number of unbranched alkanes of at least 4 members (excludes halogenated alkanes) is 1. The molecular formula is C31H46N8O10. The van der Waals surface area contributed by atoms with Gasteiger partial charge in [-0.05, 0) is 71.0 Å². The maximum Gasteiger partial charge on any atom is 0.303 e. The number of nitro groups is 1. The first-order valence-corrected chi connectivity index (χ1v) is 16.2. The zero-order valence-corrected chi connectivity index (χ0v) is 27.9. The van der Waals surface area contributed by atoms with Crippen molar-refractivity contribution in [3.63, 3.8) is 0 Å². The average Bonchev–Trinajstić information content (AvgIpc) is 3.56. The Labute approximate surface area is 283 Å². The van der Waals surface area contributed by atoms with Crippen LogP contribution in [0.2, 0.25) is 0 Å². The van der Waals surface area contributed by atoms with E-state index < -0.39 is 83.0 Å². The number of non-ortho nitro benzene ring substituents is 1. The monoisotopic (exact) mass is 690 g/mol. The normalized spacial score (nSPS) is 16.3. The largest absolute Gasteiger partial charge is 0.481 e. The first kappa shape index (κ1) is 40.0. The molecule has 1 aliphatic heterocycles. The van der Waals surface area contributed by atoms with Crippen LogP contribution in [0.1, 0.15) is 72.1 Å². The molecule has 0 radical (unpaired) electrons. The Bertz CT molecular complexity index is 1370. The van der Waals surface area contributed by atoms with Crippen LogP contribution < -0.4 is 32.3 Å². The minimum absolute atomic E-state index is 0.149. The van der Waals surface area contributed by atoms with Crippen molar-refractivity contribution in [2.45, 2.75) is 102 Å². The predicted molar refractivity (Wildman–Crippen MR) is 176 cm³/mol. The van der Waals surface area contributed by atoms with Gasteiger partial charge >= 0.3 is 5.97 Å². The predicted octanol–water partition coefficient (Wildman–Crippen LogP) is -0.0929. The number of hydrogen-bond donors (Lipinski definition) is 7. The summed E-state index contributed by atoms with van der Waals surface area (Å²) in [6, 6.07) is 0.151. The molecule has 5 atom stereocenters. The number of nitrogens with one attached hydrogen (secondary N) is 5. The summed E-state index contributed by atoms with van der Waals surface area (Å²) in [5, 5.41) is 32.5. The summed E-state index contributed by atoms with van der Waals surface area (Å²) in [5.74, 6) is -4.79. The molecule has 0 aromatic heterocycles. The number of rotatable bonds is 19. The second-order valence-electron chi connectivity index (χ2n) is 11.7. The van der Waals surface area contributed by atoms with Crippen LogP contribution in [0.4, 0.5) is 11.4 Å². The Morgan fingerprint density at radius 1 is 0.918 bits per heavy atom. The highest BCUT2D eigenvalue weighted by Crippen LogP contribution is 2.21. The minimum Gasteiger partial charge on any atom is -0.481 e. The van der Waals surface area contributed by atoms with Crippen LogP contribution in [0.5, 0.6) is 0 Å². The number of nitrogens with zero attached hydrogens (tertiary/aromatic N) is 2. The summed E-state index contributed by atoms with van der Waals surface area (Å²) in [7, 11) is 0. The fourth-order valence-corrected chi connectivity index (χ4v) is 5.07. The average molecular weight is 691 g/mol. The number of anilines is 1. The first-order chi connectivity index (χ1) is 23.2. The number of aliphatic carboxylic acids is 1. The molecule has 0 unspecified atom stereocenters.